The monoisotopic (exact) mass is 268 g/mol. The van der Waals surface area contributed by atoms with Crippen LogP contribution in [0.2, 0.25) is 0 Å². The van der Waals surface area contributed by atoms with Gasteiger partial charge in [-0.1, -0.05) is 30.0 Å². The van der Waals surface area contributed by atoms with Crippen LogP contribution < -0.4 is 9.47 Å². The molecule has 1 N–H and O–H groups in total. The van der Waals surface area contributed by atoms with Crippen LogP contribution in [0.1, 0.15) is 11.1 Å². The third-order valence-electron chi connectivity index (χ3n) is 2.69. The molecular formula is C17H16O3. The van der Waals surface area contributed by atoms with Crippen LogP contribution in [0.25, 0.3) is 0 Å². The highest BCUT2D eigenvalue weighted by molar-refractivity contribution is 5.37. The maximum absolute atomic E-state index is 8.69. The summed E-state index contributed by atoms with van der Waals surface area (Å²) < 4.78 is 10.9. The highest BCUT2D eigenvalue weighted by atomic mass is 16.5. The average molecular weight is 268 g/mol. The van der Waals surface area contributed by atoms with Gasteiger partial charge in [-0.15, -0.1) is 0 Å². The minimum Gasteiger partial charge on any atom is -0.497 e. The molecule has 0 unspecified atom stereocenters. The molecule has 0 aliphatic heterocycles. The smallest absolute Gasteiger partial charge is 0.123 e. The first kappa shape index (κ1) is 14.0. The normalized spacial score (nSPS) is 9.50. The van der Waals surface area contributed by atoms with Crippen LogP contribution in [0.4, 0.5) is 0 Å². The number of benzene rings is 2. The van der Waals surface area contributed by atoms with E-state index < -0.39 is 0 Å². The van der Waals surface area contributed by atoms with Gasteiger partial charge in [-0.05, 0) is 29.8 Å². The summed E-state index contributed by atoms with van der Waals surface area (Å²) in [6.07, 6.45) is 0. The van der Waals surface area contributed by atoms with Crippen molar-refractivity contribution in [1.29, 1.82) is 0 Å². The van der Waals surface area contributed by atoms with Crippen molar-refractivity contribution >= 4 is 0 Å². The highest BCUT2D eigenvalue weighted by Gasteiger charge is 1.99. The molecule has 0 bridgehead atoms. The number of hydrogen-bond donors (Lipinski definition) is 1. The molecule has 2 aromatic rings. The Morgan fingerprint density at radius 3 is 2.65 bits per heavy atom. The molecule has 0 amide bonds. The molecule has 0 aliphatic carbocycles. The van der Waals surface area contributed by atoms with Crippen molar-refractivity contribution in [3.63, 3.8) is 0 Å². The Balaban J connectivity index is 2.03. The number of rotatable bonds is 4. The van der Waals surface area contributed by atoms with Gasteiger partial charge in [0.05, 0.1) is 7.11 Å². The van der Waals surface area contributed by atoms with E-state index in [1.165, 1.54) is 0 Å². The van der Waals surface area contributed by atoms with Gasteiger partial charge in [0.1, 0.15) is 24.7 Å². The van der Waals surface area contributed by atoms with Crippen LogP contribution in [-0.4, -0.2) is 18.8 Å². The summed E-state index contributed by atoms with van der Waals surface area (Å²) in [4.78, 5) is 0. The van der Waals surface area contributed by atoms with E-state index >= 15 is 0 Å². The molecule has 2 rings (SSSR count). The Morgan fingerprint density at radius 1 is 1.05 bits per heavy atom. The lowest BCUT2D eigenvalue weighted by molar-refractivity contribution is 0.303. The second-order valence-electron chi connectivity index (χ2n) is 4.13. The first-order valence-corrected chi connectivity index (χ1v) is 6.27. The Morgan fingerprint density at radius 2 is 1.85 bits per heavy atom. The van der Waals surface area contributed by atoms with E-state index in [1.54, 1.807) is 7.11 Å². The fourth-order valence-corrected chi connectivity index (χ4v) is 1.74. The molecule has 102 valence electrons. The van der Waals surface area contributed by atoms with Gasteiger partial charge in [0.25, 0.3) is 0 Å². The van der Waals surface area contributed by atoms with Crippen molar-refractivity contribution in [1.82, 2.24) is 0 Å². The SMILES string of the molecule is COc1cccc(OCc2cccc(C#CCO)c2)c1. The van der Waals surface area contributed by atoms with Crippen molar-refractivity contribution in [2.75, 3.05) is 13.7 Å². The molecular weight excluding hydrogens is 252 g/mol. The predicted octanol–water partition coefficient (Wildman–Crippen LogP) is 2.62. The molecule has 0 fully saturated rings. The van der Waals surface area contributed by atoms with E-state index in [4.69, 9.17) is 14.6 Å². The largest absolute Gasteiger partial charge is 0.497 e. The lowest BCUT2D eigenvalue weighted by Crippen LogP contribution is -1.96. The molecule has 3 heteroatoms. The lowest BCUT2D eigenvalue weighted by atomic mass is 10.1. The van der Waals surface area contributed by atoms with Crippen LogP contribution in [-0.2, 0) is 6.61 Å². The fourth-order valence-electron chi connectivity index (χ4n) is 1.74. The quantitative estimate of drug-likeness (QED) is 0.866. The number of hydrogen-bond acceptors (Lipinski definition) is 3. The number of aliphatic hydroxyl groups is 1. The van der Waals surface area contributed by atoms with Gasteiger partial charge in [0, 0.05) is 11.6 Å². The molecule has 0 saturated carbocycles. The van der Waals surface area contributed by atoms with Gasteiger partial charge >= 0.3 is 0 Å². The molecule has 0 radical (unpaired) electrons. The van der Waals surface area contributed by atoms with E-state index in [2.05, 4.69) is 11.8 Å². The third kappa shape index (κ3) is 4.04. The summed E-state index contributed by atoms with van der Waals surface area (Å²) in [5, 5.41) is 8.69. The second-order valence-corrected chi connectivity index (χ2v) is 4.13. The molecule has 2 aromatic carbocycles. The predicted molar refractivity (Wildman–Crippen MR) is 77.7 cm³/mol. The summed E-state index contributed by atoms with van der Waals surface area (Å²) in [5.41, 5.74) is 1.89. The van der Waals surface area contributed by atoms with Crippen LogP contribution >= 0.6 is 0 Å². The molecule has 0 atom stereocenters. The maximum Gasteiger partial charge on any atom is 0.123 e. The van der Waals surface area contributed by atoms with Crippen molar-refractivity contribution in [2.45, 2.75) is 6.61 Å². The zero-order valence-electron chi connectivity index (χ0n) is 11.3. The van der Waals surface area contributed by atoms with Gasteiger partial charge < -0.3 is 14.6 Å². The summed E-state index contributed by atoms with van der Waals surface area (Å²) in [5.74, 6) is 7.03. The molecule has 3 nitrogen and oxygen atoms in total. The van der Waals surface area contributed by atoms with Crippen LogP contribution in [0, 0.1) is 11.8 Å². The number of ether oxygens (including phenoxy) is 2. The van der Waals surface area contributed by atoms with E-state index in [-0.39, 0.29) is 6.61 Å². The van der Waals surface area contributed by atoms with Crippen LogP contribution in [0.15, 0.2) is 48.5 Å². The molecule has 20 heavy (non-hydrogen) atoms. The highest BCUT2D eigenvalue weighted by Crippen LogP contribution is 2.20. The van der Waals surface area contributed by atoms with Crippen molar-refractivity contribution in [2.24, 2.45) is 0 Å². The van der Waals surface area contributed by atoms with Gasteiger partial charge in [-0.2, -0.15) is 0 Å². The maximum atomic E-state index is 8.69. The first-order chi connectivity index (χ1) is 9.81. The molecule has 0 aromatic heterocycles. The Kier molecular flexibility index (Phi) is 5.05. The van der Waals surface area contributed by atoms with Crippen LogP contribution in [0.5, 0.6) is 11.5 Å². The van der Waals surface area contributed by atoms with E-state index in [0.717, 1.165) is 22.6 Å². The summed E-state index contributed by atoms with van der Waals surface area (Å²) in [6, 6.07) is 15.2. The van der Waals surface area contributed by atoms with Gasteiger partial charge in [0.2, 0.25) is 0 Å². The lowest BCUT2D eigenvalue weighted by Gasteiger charge is -2.08. The number of aliphatic hydroxyl groups excluding tert-OH is 1. The van der Waals surface area contributed by atoms with Crippen molar-refractivity contribution in [3.05, 3.63) is 59.7 Å². The summed E-state index contributed by atoms with van der Waals surface area (Å²) in [6.45, 7) is 0.326. The summed E-state index contributed by atoms with van der Waals surface area (Å²) >= 11 is 0. The van der Waals surface area contributed by atoms with Crippen molar-refractivity contribution < 1.29 is 14.6 Å². The minimum atomic E-state index is -0.134. The first-order valence-electron chi connectivity index (χ1n) is 6.27. The van der Waals surface area contributed by atoms with Crippen LogP contribution in [0.3, 0.4) is 0 Å². The van der Waals surface area contributed by atoms with Gasteiger partial charge in [0.15, 0.2) is 0 Å². The number of methoxy groups -OCH3 is 1. The van der Waals surface area contributed by atoms with Gasteiger partial charge in [-0.3, -0.25) is 0 Å². The molecule has 0 spiro atoms. The third-order valence-corrected chi connectivity index (χ3v) is 2.69. The van der Waals surface area contributed by atoms with Crippen molar-refractivity contribution in [3.8, 4) is 23.3 Å². The van der Waals surface area contributed by atoms with E-state index in [9.17, 15) is 0 Å². The Labute approximate surface area is 118 Å². The topological polar surface area (TPSA) is 38.7 Å². The summed E-state index contributed by atoms with van der Waals surface area (Å²) in [7, 11) is 1.63. The Hall–Kier alpha value is -2.44. The molecule has 0 aliphatic rings. The standard InChI is InChI=1S/C17H16O3/c1-19-16-8-3-9-17(12-16)20-13-15-6-2-5-14(11-15)7-4-10-18/h2-3,5-6,8-9,11-12,18H,10,13H2,1H3. The van der Waals surface area contributed by atoms with Gasteiger partial charge in [-0.25, -0.2) is 0 Å². The molecule has 0 saturated heterocycles. The van der Waals surface area contributed by atoms with E-state index in [0.29, 0.717) is 6.61 Å². The zero-order chi connectivity index (χ0) is 14.2. The second kappa shape index (κ2) is 7.22. The average Bonchev–Trinajstić information content (AvgIpc) is 2.51. The minimum absolute atomic E-state index is 0.134. The fraction of sp³-hybridized carbons (Fsp3) is 0.176. The Bertz CT molecular complexity index is 623. The zero-order valence-corrected chi connectivity index (χ0v) is 11.3. The molecule has 0 heterocycles. The van der Waals surface area contributed by atoms with E-state index in [1.807, 2.05) is 48.5 Å².